The molecule has 0 unspecified atom stereocenters. The van der Waals surface area contributed by atoms with Gasteiger partial charge in [0.1, 0.15) is 0 Å². The minimum atomic E-state index is -0.308. The van der Waals surface area contributed by atoms with Crippen LogP contribution in [0, 0.1) is 13.8 Å². The Bertz CT molecular complexity index is 1280. The zero-order chi connectivity index (χ0) is 22.1. The molecule has 0 bridgehead atoms. The van der Waals surface area contributed by atoms with E-state index in [1.165, 1.54) is 0 Å². The SMILES string of the molecule is Cc1ccc(NC(=O)c2cc(-c3ccc(Cl)cc3)n(-c3ccc(Cl)c(Cl)c3)n2)cc1C. The number of benzene rings is 3. The maximum Gasteiger partial charge on any atom is 0.276 e. The van der Waals surface area contributed by atoms with Gasteiger partial charge in [0, 0.05) is 16.3 Å². The molecule has 0 saturated carbocycles. The third-order valence-electron chi connectivity index (χ3n) is 4.99. The van der Waals surface area contributed by atoms with Crippen molar-refractivity contribution in [3.05, 3.63) is 98.6 Å². The van der Waals surface area contributed by atoms with Crippen molar-refractivity contribution in [1.82, 2.24) is 9.78 Å². The first kappa shape index (κ1) is 21.4. The van der Waals surface area contributed by atoms with E-state index in [-0.39, 0.29) is 11.6 Å². The van der Waals surface area contributed by atoms with Crippen LogP contribution in [0.1, 0.15) is 21.6 Å². The van der Waals surface area contributed by atoms with Crippen molar-refractivity contribution in [1.29, 1.82) is 0 Å². The van der Waals surface area contributed by atoms with E-state index >= 15 is 0 Å². The molecular formula is C24H18Cl3N3O. The number of carbonyl (C=O) groups excluding carboxylic acids is 1. The summed E-state index contributed by atoms with van der Waals surface area (Å²) in [6.07, 6.45) is 0. The Kier molecular flexibility index (Phi) is 6.05. The van der Waals surface area contributed by atoms with Gasteiger partial charge < -0.3 is 5.32 Å². The summed E-state index contributed by atoms with van der Waals surface area (Å²) >= 11 is 18.3. The Morgan fingerprint density at radius 2 is 1.58 bits per heavy atom. The Morgan fingerprint density at radius 1 is 0.839 bits per heavy atom. The van der Waals surface area contributed by atoms with Crippen LogP contribution < -0.4 is 5.32 Å². The second-order valence-corrected chi connectivity index (χ2v) is 8.44. The number of aryl methyl sites for hydroxylation is 2. The van der Waals surface area contributed by atoms with E-state index in [1.807, 2.05) is 44.2 Å². The molecule has 4 rings (SSSR count). The lowest BCUT2D eigenvalue weighted by atomic mass is 10.1. The van der Waals surface area contributed by atoms with Crippen LogP contribution in [0.25, 0.3) is 16.9 Å². The lowest BCUT2D eigenvalue weighted by Gasteiger charge is -2.09. The van der Waals surface area contributed by atoms with Gasteiger partial charge in [-0.3, -0.25) is 4.79 Å². The molecule has 0 aliphatic heterocycles. The Balaban J connectivity index is 1.76. The number of hydrogen-bond donors (Lipinski definition) is 1. The molecule has 4 aromatic rings. The molecule has 1 heterocycles. The van der Waals surface area contributed by atoms with Crippen LogP contribution in [0.3, 0.4) is 0 Å². The molecule has 0 aliphatic carbocycles. The van der Waals surface area contributed by atoms with Gasteiger partial charge in [0.05, 0.1) is 21.4 Å². The first-order valence-electron chi connectivity index (χ1n) is 9.52. The molecular weight excluding hydrogens is 453 g/mol. The van der Waals surface area contributed by atoms with Crippen LogP contribution in [0.2, 0.25) is 15.1 Å². The van der Waals surface area contributed by atoms with Crippen molar-refractivity contribution in [2.75, 3.05) is 5.32 Å². The number of anilines is 1. The average Bonchev–Trinajstić information content (AvgIpc) is 3.19. The monoisotopic (exact) mass is 469 g/mol. The molecule has 1 aromatic heterocycles. The first-order chi connectivity index (χ1) is 14.8. The normalized spacial score (nSPS) is 10.9. The minimum Gasteiger partial charge on any atom is -0.321 e. The van der Waals surface area contributed by atoms with Gasteiger partial charge >= 0.3 is 0 Å². The second-order valence-electron chi connectivity index (χ2n) is 7.19. The molecule has 4 nitrogen and oxygen atoms in total. The summed E-state index contributed by atoms with van der Waals surface area (Å²) in [4.78, 5) is 13.0. The summed E-state index contributed by atoms with van der Waals surface area (Å²) in [6.45, 7) is 4.03. The van der Waals surface area contributed by atoms with E-state index in [4.69, 9.17) is 34.8 Å². The van der Waals surface area contributed by atoms with Gasteiger partial charge in [0.25, 0.3) is 5.91 Å². The van der Waals surface area contributed by atoms with Crippen molar-refractivity contribution >= 4 is 46.4 Å². The summed E-state index contributed by atoms with van der Waals surface area (Å²) in [5.41, 5.74) is 5.51. The summed E-state index contributed by atoms with van der Waals surface area (Å²) in [5, 5.41) is 8.94. The fourth-order valence-corrected chi connectivity index (χ4v) is 3.56. The third kappa shape index (κ3) is 4.62. The highest BCUT2D eigenvalue weighted by atomic mass is 35.5. The van der Waals surface area contributed by atoms with Crippen molar-refractivity contribution in [2.45, 2.75) is 13.8 Å². The zero-order valence-corrected chi connectivity index (χ0v) is 19.1. The van der Waals surface area contributed by atoms with Gasteiger partial charge in [0.2, 0.25) is 0 Å². The van der Waals surface area contributed by atoms with Crippen molar-refractivity contribution in [2.24, 2.45) is 0 Å². The van der Waals surface area contributed by atoms with Gasteiger partial charge in [-0.25, -0.2) is 4.68 Å². The number of hydrogen-bond acceptors (Lipinski definition) is 2. The molecule has 156 valence electrons. The molecule has 3 aromatic carbocycles. The Labute approximate surface area is 195 Å². The Hall–Kier alpha value is -2.79. The lowest BCUT2D eigenvalue weighted by Crippen LogP contribution is -2.13. The van der Waals surface area contributed by atoms with Crippen LogP contribution in [0.4, 0.5) is 5.69 Å². The zero-order valence-electron chi connectivity index (χ0n) is 16.8. The van der Waals surface area contributed by atoms with Crippen molar-refractivity contribution in [3.63, 3.8) is 0 Å². The van der Waals surface area contributed by atoms with Gasteiger partial charge in [-0.15, -0.1) is 0 Å². The van der Waals surface area contributed by atoms with E-state index in [0.29, 0.717) is 26.4 Å². The van der Waals surface area contributed by atoms with Crippen LogP contribution in [0.15, 0.2) is 66.7 Å². The maximum atomic E-state index is 13.0. The van der Waals surface area contributed by atoms with Gasteiger partial charge in [-0.05, 0) is 73.5 Å². The van der Waals surface area contributed by atoms with Crippen LogP contribution in [-0.4, -0.2) is 15.7 Å². The third-order valence-corrected chi connectivity index (χ3v) is 5.99. The number of nitrogens with one attached hydrogen (secondary N) is 1. The highest BCUT2D eigenvalue weighted by Crippen LogP contribution is 2.29. The number of rotatable bonds is 4. The molecule has 0 aliphatic rings. The highest BCUT2D eigenvalue weighted by molar-refractivity contribution is 6.42. The summed E-state index contributed by atoms with van der Waals surface area (Å²) in [7, 11) is 0. The van der Waals surface area contributed by atoms with E-state index < -0.39 is 0 Å². The minimum absolute atomic E-state index is 0.272. The van der Waals surface area contributed by atoms with Crippen molar-refractivity contribution in [3.8, 4) is 16.9 Å². The van der Waals surface area contributed by atoms with Crippen LogP contribution in [0.5, 0.6) is 0 Å². The molecule has 1 N–H and O–H groups in total. The Morgan fingerprint density at radius 3 is 2.26 bits per heavy atom. The second kappa shape index (κ2) is 8.75. The molecule has 0 spiro atoms. The molecule has 7 heteroatoms. The molecule has 0 radical (unpaired) electrons. The molecule has 31 heavy (non-hydrogen) atoms. The predicted octanol–water partition coefficient (Wildman–Crippen LogP) is 7.37. The molecule has 1 amide bonds. The largest absolute Gasteiger partial charge is 0.321 e. The summed E-state index contributed by atoms with van der Waals surface area (Å²) in [5.74, 6) is -0.308. The number of nitrogens with zero attached hydrogens (tertiary/aromatic N) is 2. The highest BCUT2D eigenvalue weighted by Gasteiger charge is 2.18. The topological polar surface area (TPSA) is 46.9 Å². The molecule has 0 atom stereocenters. The van der Waals surface area contributed by atoms with E-state index in [2.05, 4.69) is 10.4 Å². The number of carbonyl (C=O) groups is 1. The fourth-order valence-electron chi connectivity index (χ4n) is 3.15. The van der Waals surface area contributed by atoms with E-state index in [0.717, 1.165) is 22.4 Å². The standard InChI is InChI=1S/C24H18Cl3N3O/c1-14-3-8-18(11-15(14)2)28-24(31)22-13-23(16-4-6-17(25)7-5-16)30(29-22)19-9-10-20(26)21(27)12-19/h3-13H,1-2H3,(H,28,31). The number of amides is 1. The number of halogens is 3. The van der Waals surface area contributed by atoms with E-state index in [9.17, 15) is 4.79 Å². The number of aromatic nitrogens is 2. The fraction of sp³-hybridized carbons (Fsp3) is 0.0833. The van der Waals surface area contributed by atoms with Gasteiger partial charge in [0.15, 0.2) is 5.69 Å². The quantitative estimate of drug-likeness (QED) is 0.338. The average molecular weight is 471 g/mol. The molecule has 0 saturated heterocycles. The first-order valence-corrected chi connectivity index (χ1v) is 10.7. The van der Waals surface area contributed by atoms with Crippen LogP contribution in [-0.2, 0) is 0 Å². The summed E-state index contributed by atoms with van der Waals surface area (Å²) < 4.78 is 1.67. The predicted molar refractivity (Wildman–Crippen MR) is 128 cm³/mol. The smallest absolute Gasteiger partial charge is 0.276 e. The van der Waals surface area contributed by atoms with E-state index in [1.54, 1.807) is 41.1 Å². The maximum absolute atomic E-state index is 13.0. The van der Waals surface area contributed by atoms with Crippen molar-refractivity contribution < 1.29 is 4.79 Å². The summed E-state index contributed by atoms with van der Waals surface area (Å²) in [6, 6.07) is 20.0. The lowest BCUT2D eigenvalue weighted by molar-refractivity contribution is 0.102. The molecule has 0 fully saturated rings. The van der Waals surface area contributed by atoms with Gasteiger partial charge in [-0.1, -0.05) is 53.0 Å². The van der Waals surface area contributed by atoms with Gasteiger partial charge in [-0.2, -0.15) is 5.10 Å². The van der Waals surface area contributed by atoms with Crippen LogP contribution >= 0.6 is 34.8 Å².